The quantitative estimate of drug-likeness (QED) is 0.0938. The van der Waals surface area contributed by atoms with Crippen molar-refractivity contribution in [1.82, 2.24) is 0 Å². The molecule has 7 heteroatoms. The number of allylic oxidation sites excluding steroid dienone is 1. The van der Waals surface area contributed by atoms with E-state index in [2.05, 4.69) is 95.4 Å². The van der Waals surface area contributed by atoms with E-state index < -0.39 is 13.9 Å². The lowest BCUT2D eigenvalue weighted by molar-refractivity contribution is -0.137. The Kier molecular flexibility index (Phi) is 12.0. The maximum absolute atomic E-state index is 12.8. The lowest BCUT2D eigenvalue weighted by atomic mass is 9.93. The molecule has 3 atom stereocenters. The molecule has 40 heavy (non-hydrogen) atoms. The Bertz CT molecular complexity index is 1170. The number of esters is 1. The molecule has 1 aliphatic rings. The van der Waals surface area contributed by atoms with Gasteiger partial charge in [0.25, 0.3) is 0 Å². The van der Waals surface area contributed by atoms with Gasteiger partial charge in [-0.15, -0.1) is 11.8 Å². The number of benzene rings is 2. The van der Waals surface area contributed by atoms with E-state index in [-0.39, 0.29) is 22.2 Å². The SMILES string of the molecule is COC(=O)CSCCCS[C@H]1C(=O)CC[C@@H]1/C=C/C(C)(CCc1ccc2ccccc2c1)O[Si](C)(C)C(C)(C)C. The maximum Gasteiger partial charge on any atom is 0.315 e. The van der Waals surface area contributed by atoms with Crippen LogP contribution in [0.15, 0.2) is 54.6 Å². The van der Waals surface area contributed by atoms with Crippen molar-refractivity contribution >= 4 is 54.4 Å². The monoisotopic (exact) mass is 600 g/mol. The molecule has 1 unspecified atom stereocenters. The maximum atomic E-state index is 12.8. The number of thioether (sulfide) groups is 2. The molecule has 1 fully saturated rings. The van der Waals surface area contributed by atoms with Crippen LogP contribution in [0.3, 0.4) is 0 Å². The Morgan fingerprint density at radius 3 is 2.50 bits per heavy atom. The summed E-state index contributed by atoms with van der Waals surface area (Å²) >= 11 is 3.38. The molecule has 0 amide bonds. The third-order valence-electron chi connectivity index (χ3n) is 8.32. The molecule has 0 radical (unpaired) electrons. The van der Waals surface area contributed by atoms with Crippen molar-refractivity contribution in [3.63, 3.8) is 0 Å². The fourth-order valence-electron chi connectivity index (χ4n) is 4.86. The number of carbonyl (C=O) groups is 2. The molecule has 2 aromatic rings. The molecule has 220 valence electrons. The van der Waals surface area contributed by atoms with Gasteiger partial charge < -0.3 is 9.16 Å². The molecule has 0 aromatic heterocycles. The van der Waals surface area contributed by atoms with Gasteiger partial charge in [0, 0.05) is 6.42 Å². The molecule has 0 N–H and O–H groups in total. The van der Waals surface area contributed by atoms with Crippen LogP contribution in [-0.2, 0) is 25.2 Å². The lowest BCUT2D eigenvalue weighted by Crippen LogP contribution is -2.48. The van der Waals surface area contributed by atoms with E-state index in [0.29, 0.717) is 18.0 Å². The van der Waals surface area contributed by atoms with Crippen LogP contribution in [0.2, 0.25) is 18.1 Å². The summed E-state index contributed by atoms with van der Waals surface area (Å²) in [6.45, 7) is 13.8. The highest BCUT2D eigenvalue weighted by Crippen LogP contribution is 2.41. The minimum absolute atomic E-state index is 0.0134. The van der Waals surface area contributed by atoms with Gasteiger partial charge in [0.1, 0.15) is 5.78 Å². The van der Waals surface area contributed by atoms with Gasteiger partial charge in [-0.3, -0.25) is 9.59 Å². The first kappa shape index (κ1) is 33.0. The Hall–Kier alpha value is -1.54. The van der Waals surface area contributed by atoms with Crippen LogP contribution in [0.1, 0.15) is 58.9 Å². The second kappa shape index (κ2) is 14.6. The van der Waals surface area contributed by atoms with Crippen LogP contribution >= 0.6 is 23.5 Å². The molecule has 0 heterocycles. The minimum atomic E-state index is -2.03. The summed E-state index contributed by atoms with van der Waals surface area (Å²) in [5.74, 6) is 2.64. The van der Waals surface area contributed by atoms with Crippen molar-refractivity contribution < 1.29 is 18.8 Å². The summed E-state index contributed by atoms with van der Waals surface area (Å²) in [5, 5.41) is 2.66. The largest absolute Gasteiger partial charge is 0.468 e. The van der Waals surface area contributed by atoms with Crippen molar-refractivity contribution in [2.24, 2.45) is 5.92 Å². The highest BCUT2D eigenvalue weighted by molar-refractivity contribution is 8.01. The second-order valence-electron chi connectivity index (χ2n) is 12.7. The topological polar surface area (TPSA) is 52.6 Å². The van der Waals surface area contributed by atoms with Crippen LogP contribution in [0.25, 0.3) is 10.8 Å². The highest BCUT2D eigenvalue weighted by atomic mass is 32.2. The predicted molar refractivity (Wildman–Crippen MR) is 176 cm³/mol. The number of carbonyl (C=O) groups excluding carboxylic acids is 2. The first-order chi connectivity index (χ1) is 18.8. The van der Waals surface area contributed by atoms with E-state index in [1.54, 1.807) is 23.5 Å². The molecule has 3 rings (SSSR count). The number of ether oxygens (including phenoxy) is 1. The second-order valence-corrected chi connectivity index (χ2v) is 19.7. The van der Waals surface area contributed by atoms with Gasteiger partial charge in [0.05, 0.1) is 23.7 Å². The summed E-state index contributed by atoms with van der Waals surface area (Å²) in [4.78, 5) is 24.1. The smallest absolute Gasteiger partial charge is 0.315 e. The number of ketones is 1. The molecule has 1 saturated carbocycles. The number of fused-ring (bicyclic) bond motifs is 1. The Morgan fingerprint density at radius 2 is 1.80 bits per heavy atom. The van der Waals surface area contributed by atoms with Crippen molar-refractivity contribution in [2.45, 2.75) is 88.8 Å². The number of hydrogen-bond donors (Lipinski definition) is 0. The molecule has 4 nitrogen and oxygen atoms in total. The van der Waals surface area contributed by atoms with Gasteiger partial charge in [-0.2, -0.15) is 11.8 Å². The van der Waals surface area contributed by atoms with E-state index in [1.165, 1.54) is 23.4 Å². The van der Waals surface area contributed by atoms with E-state index in [1.807, 2.05) is 0 Å². The predicted octanol–water partition coefficient (Wildman–Crippen LogP) is 8.49. The third-order valence-corrected chi connectivity index (χ3v) is 15.4. The standard InChI is InChI=1S/C33H48O4S2Si/c1-32(2,3)40(6,7)37-33(4,19-17-25-13-14-26-11-8-9-12-28(26)23-25)20-18-27-15-16-29(34)31(27)39-22-10-21-38-24-30(35)36-5/h8-9,11-14,18,20,23,27,31H,10,15-17,19,21-22,24H2,1-7H3/b20-18+/t27-,31-,33?/m1/s1. The summed E-state index contributed by atoms with van der Waals surface area (Å²) in [6, 6.07) is 15.3. The van der Waals surface area contributed by atoms with E-state index in [0.717, 1.165) is 37.2 Å². The van der Waals surface area contributed by atoms with E-state index >= 15 is 0 Å². The molecule has 0 spiro atoms. The zero-order valence-corrected chi connectivity index (χ0v) is 28.1. The number of Topliss-reactive ketones (excluding diaryl/α,β-unsaturated/α-hetero) is 1. The molecule has 0 aliphatic heterocycles. The van der Waals surface area contributed by atoms with Crippen LogP contribution in [0.5, 0.6) is 0 Å². The first-order valence-electron chi connectivity index (χ1n) is 14.5. The Balaban J connectivity index is 1.69. The van der Waals surface area contributed by atoms with E-state index in [4.69, 9.17) is 9.16 Å². The third kappa shape index (κ3) is 9.50. The highest BCUT2D eigenvalue weighted by Gasteiger charge is 2.42. The Morgan fingerprint density at radius 1 is 1.07 bits per heavy atom. The molecule has 0 bridgehead atoms. The summed E-state index contributed by atoms with van der Waals surface area (Å²) in [5.41, 5.74) is 0.923. The van der Waals surface area contributed by atoms with Gasteiger partial charge >= 0.3 is 5.97 Å². The van der Waals surface area contributed by atoms with Gasteiger partial charge in [-0.05, 0) is 84.5 Å². The molecule has 0 saturated heterocycles. The first-order valence-corrected chi connectivity index (χ1v) is 19.6. The van der Waals surface area contributed by atoms with Crippen molar-refractivity contribution in [2.75, 3.05) is 24.4 Å². The molecular formula is C33H48O4S2Si. The average molecular weight is 601 g/mol. The molecule has 1 aliphatic carbocycles. The van der Waals surface area contributed by atoms with Gasteiger partial charge in [0.2, 0.25) is 0 Å². The molecule has 2 aromatic carbocycles. The van der Waals surface area contributed by atoms with Gasteiger partial charge in [-0.25, -0.2) is 0 Å². The summed E-state index contributed by atoms with van der Waals surface area (Å²) < 4.78 is 11.8. The van der Waals surface area contributed by atoms with E-state index in [9.17, 15) is 9.59 Å². The van der Waals surface area contributed by atoms with Crippen LogP contribution < -0.4 is 0 Å². The van der Waals surface area contributed by atoms with Gasteiger partial charge in [0.15, 0.2) is 8.32 Å². The average Bonchev–Trinajstić information content (AvgIpc) is 3.26. The fourth-order valence-corrected chi connectivity index (χ4v) is 8.80. The lowest BCUT2D eigenvalue weighted by Gasteiger charge is -2.43. The minimum Gasteiger partial charge on any atom is -0.468 e. The van der Waals surface area contributed by atoms with Crippen molar-refractivity contribution in [3.05, 3.63) is 60.2 Å². The zero-order chi connectivity index (χ0) is 29.4. The fraction of sp³-hybridized carbons (Fsp3) is 0.576. The molecular weight excluding hydrogens is 553 g/mol. The number of aryl methyl sites for hydroxylation is 1. The van der Waals surface area contributed by atoms with Crippen LogP contribution in [-0.4, -0.2) is 55.3 Å². The number of rotatable bonds is 14. The number of methoxy groups -OCH3 is 1. The van der Waals surface area contributed by atoms with Gasteiger partial charge in [-0.1, -0.05) is 75.4 Å². The zero-order valence-electron chi connectivity index (χ0n) is 25.5. The van der Waals surface area contributed by atoms with Crippen molar-refractivity contribution in [3.8, 4) is 0 Å². The summed E-state index contributed by atoms with van der Waals surface area (Å²) in [6.07, 6.45) is 8.95. The van der Waals surface area contributed by atoms with Crippen LogP contribution in [0, 0.1) is 5.92 Å². The van der Waals surface area contributed by atoms with Crippen molar-refractivity contribution in [1.29, 1.82) is 0 Å². The van der Waals surface area contributed by atoms with Crippen LogP contribution in [0.4, 0.5) is 0 Å². The normalized spacial score (nSPS) is 19.8. The summed E-state index contributed by atoms with van der Waals surface area (Å²) in [7, 11) is -0.612. The Labute approximate surface area is 251 Å². The number of hydrogen-bond acceptors (Lipinski definition) is 6.